The Hall–Kier alpha value is -2.82. The average Bonchev–Trinajstić information content (AvgIpc) is 2.97. The first-order chi connectivity index (χ1) is 10.0. The number of hydrogen-bond donors (Lipinski definition) is 2. The number of amides is 1. The van der Waals surface area contributed by atoms with Gasteiger partial charge in [0, 0.05) is 14.0 Å². The van der Waals surface area contributed by atoms with Crippen LogP contribution in [0, 0.1) is 6.92 Å². The SMILES string of the molecule is COCc1c(C(=O)O)nnn1CC(=O)Nc1nnc(C)o1. The number of hydrogen-bond acceptors (Lipinski definition) is 8. The van der Waals surface area contributed by atoms with Gasteiger partial charge >= 0.3 is 12.0 Å². The molecule has 0 aliphatic heterocycles. The summed E-state index contributed by atoms with van der Waals surface area (Å²) in [4.78, 5) is 22.8. The molecule has 0 aromatic carbocycles. The summed E-state index contributed by atoms with van der Waals surface area (Å²) in [6.07, 6.45) is 0. The van der Waals surface area contributed by atoms with E-state index in [4.69, 9.17) is 14.3 Å². The Balaban J connectivity index is 2.11. The van der Waals surface area contributed by atoms with Crippen LogP contribution in [0.3, 0.4) is 0 Å². The van der Waals surface area contributed by atoms with Gasteiger partial charge < -0.3 is 14.3 Å². The van der Waals surface area contributed by atoms with E-state index in [-0.39, 0.29) is 30.6 Å². The molecule has 0 atom stereocenters. The van der Waals surface area contributed by atoms with Crippen LogP contribution in [0.2, 0.25) is 0 Å². The average molecular weight is 296 g/mol. The van der Waals surface area contributed by atoms with Crippen LogP contribution in [0.15, 0.2) is 4.42 Å². The van der Waals surface area contributed by atoms with Gasteiger partial charge in [-0.2, -0.15) is 0 Å². The van der Waals surface area contributed by atoms with E-state index in [1.165, 1.54) is 7.11 Å². The molecule has 11 heteroatoms. The minimum Gasteiger partial charge on any atom is -0.476 e. The zero-order valence-electron chi connectivity index (χ0n) is 11.2. The van der Waals surface area contributed by atoms with E-state index in [0.717, 1.165) is 4.68 Å². The van der Waals surface area contributed by atoms with E-state index in [9.17, 15) is 9.59 Å². The van der Waals surface area contributed by atoms with Crippen molar-refractivity contribution in [3.63, 3.8) is 0 Å². The lowest BCUT2D eigenvalue weighted by Gasteiger charge is -2.05. The van der Waals surface area contributed by atoms with Crippen LogP contribution in [0.4, 0.5) is 6.01 Å². The lowest BCUT2D eigenvalue weighted by Crippen LogP contribution is -2.21. The lowest BCUT2D eigenvalue weighted by molar-refractivity contribution is -0.117. The molecule has 2 heterocycles. The molecule has 1 amide bonds. The third-order valence-corrected chi connectivity index (χ3v) is 2.39. The number of aromatic nitrogens is 5. The number of anilines is 1. The summed E-state index contributed by atoms with van der Waals surface area (Å²) in [5.74, 6) is -1.46. The van der Waals surface area contributed by atoms with Gasteiger partial charge in [0.1, 0.15) is 6.54 Å². The molecule has 2 aromatic heterocycles. The van der Waals surface area contributed by atoms with E-state index < -0.39 is 11.9 Å². The fraction of sp³-hybridized carbons (Fsp3) is 0.400. The van der Waals surface area contributed by atoms with Crippen molar-refractivity contribution in [1.29, 1.82) is 0 Å². The Morgan fingerprint density at radius 1 is 1.38 bits per heavy atom. The second kappa shape index (κ2) is 6.09. The van der Waals surface area contributed by atoms with Gasteiger partial charge in [0.05, 0.1) is 12.3 Å². The maximum absolute atomic E-state index is 11.8. The smallest absolute Gasteiger partial charge is 0.358 e. The molecule has 2 N–H and O–H groups in total. The number of carbonyl (C=O) groups excluding carboxylic acids is 1. The number of methoxy groups -OCH3 is 1. The normalized spacial score (nSPS) is 10.6. The van der Waals surface area contributed by atoms with Crippen LogP contribution in [0.1, 0.15) is 22.1 Å². The number of nitrogens with one attached hydrogen (secondary N) is 1. The summed E-state index contributed by atoms with van der Waals surface area (Å²) in [6, 6.07) is -0.0515. The Labute approximate surface area is 117 Å². The molecule has 0 radical (unpaired) electrons. The molecule has 0 aliphatic carbocycles. The van der Waals surface area contributed by atoms with Crippen LogP contribution in [0.5, 0.6) is 0 Å². The maximum atomic E-state index is 11.8. The Morgan fingerprint density at radius 2 is 2.14 bits per heavy atom. The summed E-state index contributed by atoms with van der Waals surface area (Å²) in [6.45, 7) is 1.28. The summed E-state index contributed by atoms with van der Waals surface area (Å²) in [7, 11) is 1.39. The fourth-order valence-corrected chi connectivity index (χ4v) is 1.55. The molecule has 0 aliphatic rings. The first-order valence-electron chi connectivity index (χ1n) is 5.75. The number of rotatable bonds is 6. The van der Waals surface area contributed by atoms with Crippen molar-refractivity contribution in [2.45, 2.75) is 20.1 Å². The van der Waals surface area contributed by atoms with Crippen molar-refractivity contribution < 1.29 is 23.8 Å². The van der Waals surface area contributed by atoms with Crippen LogP contribution >= 0.6 is 0 Å². The third kappa shape index (κ3) is 3.39. The molecule has 0 fully saturated rings. The van der Waals surface area contributed by atoms with E-state index in [2.05, 4.69) is 25.8 Å². The zero-order chi connectivity index (χ0) is 15.4. The second-order valence-electron chi connectivity index (χ2n) is 3.95. The summed E-state index contributed by atoms with van der Waals surface area (Å²) in [5, 5.41) is 25.6. The highest BCUT2D eigenvalue weighted by molar-refractivity contribution is 5.89. The Morgan fingerprint density at radius 3 is 2.71 bits per heavy atom. The first kappa shape index (κ1) is 14.6. The molecule has 11 nitrogen and oxygen atoms in total. The number of carboxylic acid groups (broad SMARTS) is 1. The molecular weight excluding hydrogens is 284 g/mol. The maximum Gasteiger partial charge on any atom is 0.358 e. The number of carboxylic acids is 1. The minimum atomic E-state index is -1.25. The number of aromatic carboxylic acids is 1. The molecule has 2 aromatic rings. The third-order valence-electron chi connectivity index (χ3n) is 2.39. The van der Waals surface area contributed by atoms with Crippen molar-refractivity contribution >= 4 is 17.9 Å². The number of nitrogens with zero attached hydrogens (tertiary/aromatic N) is 5. The lowest BCUT2D eigenvalue weighted by atomic mass is 10.3. The zero-order valence-corrected chi connectivity index (χ0v) is 11.2. The van der Waals surface area contributed by atoms with Crippen molar-refractivity contribution in [1.82, 2.24) is 25.2 Å². The van der Waals surface area contributed by atoms with Gasteiger partial charge in [-0.25, -0.2) is 9.48 Å². The van der Waals surface area contributed by atoms with E-state index in [1.807, 2.05) is 0 Å². The van der Waals surface area contributed by atoms with Gasteiger partial charge in [-0.05, 0) is 0 Å². The number of aryl methyl sites for hydroxylation is 1. The van der Waals surface area contributed by atoms with Crippen LogP contribution in [-0.2, 0) is 22.7 Å². The molecule has 0 saturated heterocycles. The fourth-order valence-electron chi connectivity index (χ4n) is 1.55. The molecular formula is C10H12N6O5. The van der Waals surface area contributed by atoms with Crippen molar-refractivity contribution in [3.05, 3.63) is 17.3 Å². The highest BCUT2D eigenvalue weighted by Gasteiger charge is 2.20. The Bertz CT molecular complexity index is 663. The largest absolute Gasteiger partial charge is 0.476 e. The van der Waals surface area contributed by atoms with Gasteiger partial charge in [-0.15, -0.1) is 10.2 Å². The van der Waals surface area contributed by atoms with Crippen molar-refractivity contribution in [3.8, 4) is 0 Å². The van der Waals surface area contributed by atoms with Crippen LogP contribution < -0.4 is 5.32 Å². The highest BCUT2D eigenvalue weighted by atomic mass is 16.5. The van der Waals surface area contributed by atoms with Crippen LogP contribution in [-0.4, -0.2) is 49.3 Å². The van der Waals surface area contributed by atoms with Crippen LogP contribution in [0.25, 0.3) is 0 Å². The summed E-state index contributed by atoms with van der Waals surface area (Å²) >= 11 is 0. The van der Waals surface area contributed by atoms with Gasteiger partial charge in [-0.3, -0.25) is 10.1 Å². The topological polar surface area (TPSA) is 145 Å². The Kier molecular flexibility index (Phi) is 4.23. The predicted molar refractivity (Wildman–Crippen MR) is 65.4 cm³/mol. The van der Waals surface area contributed by atoms with E-state index in [1.54, 1.807) is 6.92 Å². The van der Waals surface area contributed by atoms with E-state index in [0.29, 0.717) is 5.89 Å². The number of ether oxygens (including phenoxy) is 1. The molecule has 0 saturated carbocycles. The minimum absolute atomic E-state index is 0.0401. The standard InChI is InChI=1S/C10H12N6O5/c1-5-12-14-10(21-5)11-7(17)3-16-6(4-20-2)8(9(18)19)13-15-16/h3-4H2,1-2H3,(H,18,19)(H,11,14,17). The quantitative estimate of drug-likeness (QED) is 0.716. The monoisotopic (exact) mass is 296 g/mol. The predicted octanol–water partition coefficient (Wildman–Crippen LogP) is -0.547. The molecule has 112 valence electrons. The summed E-state index contributed by atoms with van der Waals surface area (Å²) in [5.41, 5.74) is -0.0832. The van der Waals surface area contributed by atoms with Gasteiger partial charge in [0.2, 0.25) is 11.8 Å². The van der Waals surface area contributed by atoms with Gasteiger partial charge in [-0.1, -0.05) is 10.3 Å². The highest BCUT2D eigenvalue weighted by Crippen LogP contribution is 2.08. The van der Waals surface area contributed by atoms with E-state index >= 15 is 0 Å². The molecule has 21 heavy (non-hydrogen) atoms. The van der Waals surface area contributed by atoms with Gasteiger partial charge in [0.25, 0.3) is 0 Å². The molecule has 0 unspecified atom stereocenters. The summed E-state index contributed by atoms with van der Waals surface area (Å²) < 4.78 is 11.0. The van der Waals surface area contributed by atoms with Crippen molar-refractivity contribution in [2.24, 2.45) is 0 Å². The van der Waals surface area contributed by atoms with Gasteiger partial charge in [0.15, 0.2) is 5.69 Å². The molecule has 0 bridgehead atoms. The molecule has 0 spiro atoms. The van der Waals surface area contributed by atoms with Crippen molar-refractivity contribution in [2.75, 3.05) is 12.4 Å². The number of carbonyl (C=O) groups is 2. The second-order valence-corrected chi connectivity index (χ2v) is 3.95. The molecule has 2 rings (SSSR count). The first-order valence-corrected chi connectivity index (χ1v) is 5.75.